The van der Waals surface area contributed by atoms with Crippen LogP contribution < -0.4 is 10.6 Å². The van der Waals surface area contributed by atoms with Crippen molar-refractivity contribution >= 4 is 17.9 Å². The van der Waals surface area contributed by atoms with Crippen LogP contribution in [0.25, 0.3) is 0 Å². The van der Waals surface area contributed by atoms with Gasteiger partial charge in [-0.3, -0.25) is 9.59 Å². The fraction of sp³-hybridized carbons (Fsp3) is 0.583. The summed E-state index contributed by atoms with van der Waals surface area (Å²) in [4.78, 5) is 44.0. The lowest BCUT2D eigenvalue weighted by molar-refractivity contribution is -0.145. The SMILES string of the molecule is Cc1ccccc1C(C(=O)NC1CCCCC1)N(C(=O)C(Cc1ccccc1)NC(=O)OC(C)(C)C)C(C)CCC(C)C. The fourth-order valence-corrected chi connectivity index (χ4v) is 5.83. The van der Waals surface area contributed by atoms with Crippen molar-refractivity contribution in [2.24, 2.45) is 5.92 Å². The van der Waals surface area contributed by atoms with Crippen LogP contribution in [0.2, 0.25) is 0 Å². The molecular weight excluding hydrogens is 538 g/mol. The van der Waals surface area contributed by atoms with Crippen LogP contribution in [0.5, 0.6) is 0 Å². The van der Waals surface area contributed by atoms with Crippen LogP contribution in [-0.2, 0) is 20.7 Å². The molecule has 0 aromatic heterocycles. The molecule has 3 rings (SSSR count). The summed E-state index contributed by atoms with van der Waals surface area (Å²) in [5.74, 6) is -0.0212. The van der Waals surface area contributed by atoms with Gasteiger partial charge < -0.3 is 20.3 Å². The van der Waals surface area contributed by atoms with Gasteiger partial charge in [0.1, 0.15) is 17.7 Å². The van der Waals surface area contributed by atoms with E-state index in [-0.39, 0.29) is 30.3 Å². The Labute approximate surface area is 259 Å². The molecule has 7 heteroatoms. The maximum atomic E-state index is 14.8. The second-order valence-electron chi connectivity index (χ2n) is 13.6. The molecule has 2 aromatic carbocycles. The number of alkyl carbamates (subject to hydrolysis) is 1. The molecule has 1 saturated carbocycles. The maximum absolute atomic E-state index is 14.8. The highest BCUT2D eigenvalue weighted by atomic mass is 16.6. The van der Waals surface area contributed by atoms with Crippen molar-refractivity contribution in [2.45, 2.75) is 130 Å². The van der Waals surface area contributed by atoms with Crippen LogP contribution in [0.4, 0.5) is 4.79 Å². The van der Waals surface area contributed by atoms with Gasteiger partial charge in [-0.25, -0.2) is 4.79 Å². The second-order valence-corrected chi connectivity index (χ2v) is 13.6. The van der Waals surface area contributed by atoms with Crippen LogP contribution in [0.1, 0.15) is 109 Å². The van der Waals surface area contributed by atoms with Gasteiger partial charge in [0, 0.05) is 18.5 Å². The van der Waals surface area contributed by atoms with Crippen molar-refractivity contribution in [2.75, 3.05) is 0 Å². The van der Waals surface area contributed by atoms with E-state index < -0.39 is 23.8 Å². The third-order valence-corrected chi connectivity index (χ3v) is 8.12. The third-order valence-electron chi connectivity index (χ3n) is 8.12. The topological polar surface area (TPSA) is 87.7 Å². The Morgan fingerprint density at radius 2 is 1.53 bits per heavy atom. The number of carbonyl (C=O) groups excluding carboxylic acids is 3. The molecule has 2 N–H and O–H groups in total. The Balaban J connectivity index is 2.08. The molecule has 236 valence electrons. The fourth-order valence-electron chi connectivity index (χ4n) is 5.83. The highest BCUT2D eigenvalue weighted by Gasteiger charge is 2.40. The van der Waals surface area contributed by atoms with Crippen molar-refractivity contribution < 1.29 is 19.1 Å². The van der Waals surface area contributed by atoms with E-state index in [1.54, 1.807) is 25.7 Å². The molecule has 2 aromatic rings. The zero-order valence-electron chi connectivity index (χ0n) is 27.3. The molecule has 0 saturated heterocycles. The molecule has 1 aliphatic carbocycles. The van der Waals surface area contributed by atoms with E-state index in [0.717, 1.165) is 55.2 Å². The standard InChI is InChI=1S/C36H53N3O4/c1-25(2)22-23-27(4)39(32(30-21-15-14-16-26(30)3)33(40)37-29-19-12-9-13-20-29)34(41)31(24-28-17-10-8-11-18-28)38-35(42)43-36(5,6)7/h8,10-11,14-18,21,25,27,29,31-32H,9,12-13,19-20,22-24H2,1-7H3,(H,37,40)(H,38,42). The predicted octanol–water partition coefficient (Wildman–Crippen LogP) is 7.27. The van der Waals surface area contributed by atoms with Gasteiger partial charge in [0.15, 0.2) is 0 Å². The predicted molar refractivity (Wildman–Crippen MR) is 173 cm³/mol. The van der Waals surface area contributed by atoms with E-state index in [9.17, 15) is 14.4 Å². The molecule has 3 unspecified atom stereocenters. The maximum Gasteiger partial charge on any atom is 0.408 e. The summed E-state index contributed by atoms with van der Waals surface area (Å²) in [5, 5.41) is 6.19. The number of hydrogen-bond acceptors (Lipinski definition) is 4. The van der Waals surface area contributed by atoms with E-state index in [1.165, 1.54) is 6.42 Å². The molecule has 3 amide bonds. The molecule has 3 atom stereocenters. The number of aryl methyl sites for hydroxylation is 1. The highest BCUT2D eigenvalue weighted by Crippen LogP contribution is 2.31. The van der Waals surface area contributed by atoms with Crippen LogP contribution in [0.3, 0.4) is 0 Å². The van der Waals surface area contributed by atoms with Gasteiger partial charge in [-0.15, -0.1) is 0 Å². The number of ether oxygens (including phenoxy) is 1. The zero-order valence-corrected chi connectivity index (χ0v) is 27.3. The quantitative estimate of drug-likeness (QED) is 0.272. The molecule has 0 spiro atoms. The lowest BCUT2D eigenvalue weighted by atomic mass is 9.92. The first-order valence-corrected chi connectivity index (χ1v) is 16.1. The Morgan fingerprint density at radius 1 is 0.907 bits per heavy atom. The lowest BCUT2D eigenvalue weighted by Gasteiger charge is -2.40. The summed E-state index contributed by atoms with van der Waals surface area (Å²) in [5.41, 5.74) is 1.93. The van der Waals surface area contributed by atoms with Gasteiger partial charge in [0.2, 0.25) is 11.8 Å². The monoisotopic (exact) mass is 591 g/mol. The van der Waals surface area contributed by atoms with Crippen molar-refractivity contribution in [1.29, 1.82) is 0 Å². The Morgan fingerprint density at radius 3 is 2.14 bits per heavy atom. The number of hydrogen-bond donors (Lipinski definition) is 2. The van der Waals surface area contributed by atoms with Crippen LogP contribution in [0.15, 0.2) is 54.6 Å². The van der Waals surface area contributed by atoms with Gasteiger partial charge in [0.05, 0.1) is 0 Å². The first kappa shape index (κ1) is 34.1. The van der Waals surface area contributed by atoms with Crippen LogP contribution in [-0.4, -0.2) is 46.5 Å². The van der Waals surface area contributed by atoms with E-state index in [4.69, 9.17) is 4.74 Å². The molecule has 43 heavy (non-hydrogen) atoms. The molecule has 0 aliphatic heterocycles. The first-order chi connectivity index (χ1) is 20.4. The lowest BCUT2D eigenvalue weighted by Crippen LogP contribution is -2.57. The average Bonchev–Trinajstić information content (AvgIpc) is 2.94. The molecule has 0 bridgehead atoms. The van der Waals surface area contributed by atoms with Gasteiger partial charge in [0.25, 0.3) is 0 Å². The molecule has 0 radical (unpaired) electrons. The second kappa shape index (κ2) is 15.9. The molecule has 1 fully saturated rings. The first-order valence-electron chi connectivity index (χ1n) is 16.1. The minimum atomic E-state index is -0.923. The Hall–Kier alpha value is -3.35. The van der Waals surface area contributed by atoms with Crippen molar-refractivity contribution in [1.82, 2.24) is 15.5 Å². The van der Waals surface area contributed by atoms with Crippen molar-refractivity contribution in [3.05, 3.63) is 71.3 Å². The average molecular weight is 592 g/mol. The summed E-state index contributed by atoms with van der Waals surface area (Å²) in [6.45, 7) is 13.7. The van der Waals surface area contributed by atoms with Gasteiger partial charge in [-0.05, 0) is 82.9 Å². The van der Waals surface area contributed by atoms with Crippen LogP contribution >= 0.6 is 0 Å². The van der Waals surface area contributed by atoms with E-state index in [2.05, 4.69) is 24.5 Å². The molecule has 0 heterocycles. The summed E-state index contributed by atoms with van der Waals surface area (Å²) in [6, 6.07) is 15.5. The summed E-state index contributed by atoms with van der Waals surface area (Å²) in [6.07, 6.45) is 6.50. The smallest absolute Gasteiger partial charge is 0.408 e. The summed E-state index contributed by atoms with van der Waals surface area (Å²) < 4.78 is 5.59. The number of benzene rings is 2. The van der Waals surface area contributed by atoms with E-state index >= 15 is 0 Å². The van der Waals surface area contributed by atoms with E-state index in [0.29, 0.717) is 5.92 Å². The Kier molecular flexibility index (Phi) is 12.6. The number of carbonyl (C=O) groups is 3. The molecule has 1 aliphatic rings. The molecular formula is C36H53N3O4. The minimum absolute atomic E-state index is 0.0932. The van der Waals surface area contributed by atoms with Gasteiger partial charge in [-0.2, -0.15) is 0 Å². The Bertz CT molecular complexity index is 1180. The number of rotatable bonds is 12. The van der Waals surface area contributed by atoms with Crippen molar-refractivity contribution in [3.63, 3.8) is 0 Å². The summed E-state index contributed by atoms with van der Waals surface area (Å²) in [7, 11) is 0. The van der Waals surface area contributed by atoms with Gasteiger partial charge >= 0.3 is 6.09 Å². The molecule has 7 nitrogen and oxygen atoms in total. The van der Waals surface area contributed by atoms with Gasteiger partial charge in [-0.1, -0.05) is 87.7 Å². The number of amides is 3. The third kappa shape index (κ3) is 10.7. The van der Waals surface area contributed by atoms with Crippen molar-refractivity contribution in [3.8, 4) is 0 Å². The minimum Gasteiger partial charge on any atom is -0.444 e. The number of nitrogens with zero attached hydrogens (tertiary/aromatic N) is 1. The largest absolute Gasteiger partial charge is 0.444 e. The number of nitrogens with one attached hydrogen (secondary N) is 2. The highest BCUT2D eigenvalue weighted by molar-refractivity contribution is 5.93. The van der Waals surface area contributed by atoms with E-state index in [1.807, 2.05) is 68.4 Å². The zero-order chi connectivity index (χ0) is 31.6. The van der Waals surface area contributed by atoms with Crippen LogP contribution in [0, 0.1) is 12.8 Å². The normalized spacial score (nSPS) is 16.2. The summed E-state index contributed by atoms with van der Waals surface area (Å²) >= 11 is 0.